The fourth-order valence-corrected chi connectivity index (χ4v) is 1.70. The molecule has 0 radical (unpaired) electrons. The maximum Gasteiger partial charge on any atom is 0.208 e. The molecule has 0 fully saturated rings. The van der Waals surface area contributed by atoms with Crippen LogP contribution in [0.25, 0.3) is 0 Å². The lowest BCUT2D eigenvalue weighted by Gasteiger charge is -2.19. The summed E-state index contributed by atoms with van der Waals surface area (Å²) in [6, 6.07) is 5.33. The first kappa shape index (κ1) is 15.2. The lowest BCUT2D eigenvalue weighted by molar-refractivity contribution is -0.479. The van der Waals surface area contributed by atoms with Gasteiger partial charge in [-0.05, 0) is 19.9 Å². The van der Waals surface area contributed by atoms with Gasteiger partial charge in [0.15, 0.2) is 17.8 Å². The van der Waals surface area contributed by atoms with Gasteiger partial charge in [-0.1, -0.05) is 12.1 Å². The largest absolute Gasteiger partial charge is 0.493 e. The van der Waals surface area contributed by atoms with Gasteiger partial charge in [-0.2, -0.15) is 0 Å². The quantitative estimate of drug-likeness (QED) is 0.411. The molecule has 0 aliphatic rings. The van der Waals surface area contributed by atoms with Gasteiger partial charge in [-0.3, -0.25) is 10.1 Å². The molecule has 6 nitrogen and oxygen atoms in total. The monoisotopic (exact) mass is 269 g/mol. The standard InChI is InChI=1S/C13H19NO5/c1-4-18-10(2)19-13-11(8-9-14(15)16)6-5-7-12(13)17-3/h5-7,10H,4,8-9H2,1-3H3. The Hall–Kier alpha value is -1.82. The zero-order chi connectivity index (χ0) is 14.3. The van der Waals surface area contributed by atoms with Crippen LogP contribution in [0.15, 0.2) is 18.2 Å². The van der Waals surface area contributed by atoms with Crippen molar-refractivity contribution in [3.63, 3.8) is 0 Å². The van der Waals surface area contributed by atoms with E-state index >= 15 is 0 Å². The van der Waals surface area contributed by atoms with E-state index in [4.69, 9.17) is 14.2 Å². The molecule has 0 saturated carbocycles. The van der Waals surface area contributed by atoms with Crippen molar-refractivity contribution in [3.8, 4) is 11.5 Å². The molecule has 1 unspecified atom stereocenters. The third kappa shape index (κ3) is 4.75. The summed E-state index contributed by atoms with van der Waals surface area (Å²) < 4.78 is 16.2. The molecule has 0 amide bonds. The van der Waals surface area contributed by atoms with Gasteiger partial charge >= 0.3 is 0 Å². The van der Waals surface area contributed by atoms with Gasteiger partial charge in [0.2, 0.25) is 6.54 Å². The molecule has 1 atom stereocenters. The Morgan fingerprint density at radius 2 is 2.16 bits per heavy atom. The van der Waals surface area contributed by atoms with Crippen molar-refractivity contribution in [2.24, 2.45) is 0 Å². The van der Waals surface area contributed by atoms with E-state index in [0.29, 0.717) is 24.5 Å². The molecule has 1 rings (SSSR count). The third-order valence-corrected chi connectivity index (χ3v) is 2.53. The van der Waals surface area contributed by atoms with Crippen molar-refractivity contribution in [2.45, 2.75) is 26.6 Å². The molecule has 0 spiro atoms. The van der Waals surface area contributed by atoms with Crippen LogP contribution in [0.2, 0.25) is 0 Å². The summed E-state index contributed by atoms with van der Waals surface area (Å²) in [7, 11) is 1.53. The fourth-order valence-electron chi connectivity index (χ4n) is 1.70. The first-order valence-corrected chi connectivity index (χ1v) is 6.14. The van der Waals surface area contributed by atoms with Crippen molar-refractivity contribution in [3.05, 3.63) is 33.9 Å². The summed E-state index contributed by atoms with van der Waals surface area (Å²) >= 11 is 0. The van der Waals surface area contributed by atoms with Gasteiger partial charge in [0.1, 0.15) is 0 Å². The first-order valence-electron chi connectivity index (χ1n) is 6.14. The highest BCUT2D eigenvalue weighted by Crippen LogP contribution is 2.32. The topological polar surface area (TPSA) is 70.8 Å². The number of hydrogen-bond acceptors (Lipinski definition) is 5. The minimum atomic E-state index is -0.435. The SMILES string of the molecule is CCOC(C)Oc1c(CC[N+](=O)[O-])cccc1OC. The number of nitrogens with zero attached hydrogens (tertiary/aromatic N) is 1. The zero-order valence-corrected chi connectivity index (χ0v) is 11.4. The van der Waals surface area contributed by atoms with Gasteiger partial charge in [-0.15, -0.1) is 0 Å². The summed E-state index contributed by atoms with van der Waals surface area (Å²) in [5, 5.41) is 10.5. The summed E-state index contributed by atoms with van der Waals surface area (Å²) in [5.41, 5.74) is 0.739. The van der Waals surface area contributed by atoms with E-state index in [1.165, 1.54) is 7.11 Å². The van der Waals surface area contributed by atoms with E-state index in [9.17, 15) is 10.1 Å². The van der Waals surface area contributed by atoms with Crippen LogP contribution in [-0.4, -0.2) is 31.5 Å². The average molecular weight is 269 g/mol. The highest BCUT2D eigenvalue weighted by atomic mass is 16.7. The number of rotatable bonds is 8. The van der Waals surface area contributed by atoms with E-state index < -0.39 is 6.29 Å². The van der Waals surface area contributed by atoms with Crippen LogP contribution in [0, 0.1) is 10.1 Å². The maximum atomic E-state index is 10.5. The molecule has 0 aliphatic carbocycles. The molecular formula is C13H19NO5. The van der Waals surface area contributed by atoms with E-state index in [-0.39, 0.29) is 11.5 Å². The highest BCUT2D eigenvalue weighted by Gasteiger charge is 2.15. The Bertz CT molecular complexity index is 421. The van der Waals surface area contributed by atoms with E-state index in [1.54, 1.807) is 25.1 Å². The Labute approximate surface area is 112 Å². The Kier molecular flexibility index (Phi) is 6.08. The summed E-state index contributed by atoms with van der Waals surface area (Å²) in [4.78, 5) is 10.1. The van der Waals surface area contributed by atoms with E-state index in [1.807, 2.05) is 6.92 Å². The van der Waals surface area contributed by atoms with Crippen molar-refractivity contribution in [2.75, 3.05) is 20.3 Å². The second-order valence-corrected chi connectivity index (χ2v) is 3.90. The summed E-state index contributed by atoms with van der Waals surface area (Å²) in [6.07, 6.45) is -0.145. The smallest absolute Gasteiger partial charge is 0.208 e. The van der Waals surface area contributed by atoms with Crippen LogP contribution < -0.4 is 9.47 Å². The van der Waals surface area contributed by atoms with Crippen molar-refractivity contribution >= 4 is 0 Å². The van der Waals surface area contributed by atoms with Crippen LogP contribution >= 0.6 is 0 Å². The molecule has 0 heterocycles. The maximum absolute atomic E-state index is 10.5. The van der Waals surface area contributed by atoms with Crippen LogP contribution in [0.3, 0.4) is 0 Å². The number of methoxy groups -OCH3 is 1. The van der Waals surface area contributed by atoms with Crippen LogP contribution in [0.4, 0.5) is 0 Å². The van der Waals surface area contributed by atoms with E-state index in [0.717, 1.165) is 5.56 Å². The molecule has 1 aromatic rings. The van der Waals surface area contributed by atoms with Gasteiger partial charge in [-0.25, -0.2) is 0 Å². The molecule has 0 aromatic heterocycles. The van der Waals surface area contributed by atoms with Crippen LogP contribution in [0.1, 0.15) is 19.4 Å². The Balaban J connectivity index is 2.92. The number of nitro groups is 1. The fraction of sp³-hybridized carbons (Fsp3) is 0.538. The Morgan fingerprint density at radius 1 is 1.42 bits per heavy atom. The molecule has 106 valence electrons. The minimum Gasteiger partial charge on any atom is -0.493 e. The molecule has 0 bridgehead atoms. The lowest BCUT2D eigenvalue weighted by Crippen LogP contribution is -2.18. The molecule has 6 heteroatoms. The summed E-state index contributed by atoms with van der Waals surface area (Å²) in [6.45, 7) is 4.02. The predicted molar refractivity (Wildman–Crippen MR) is 70.3 cm³/mol. The second-order valence-electron chi connectivity index (χ2n) is 3.90. The second kappa shape index (κ2) is 7.58. The van der Waals surface area contributed by atoms with Gasteiger partial charge in [0.25, 0.3) is 0 Å². The highest BCUT2D eigenvalue weighted by molar-refractivity contribution is 5.46. The normalized spacial score (nSPS) is 11.9. The van der Waals surface area contributed by atoms with Gasteiger partial charge in [0.05, 0.1) is 7.11 Å². The third-order valence-electron chi connectivity index (χ3n) is 2.53. The van der Waals surface area contributed by atoms with Crippen molar-refractivity contribution < 1.29 is 19.1 Å². The number of hydrogen-bond donors (Lipinski definition) is 0. The van der Waals surface area contributed by atoms with Crippen molar-refractivity contribution in [1.82, 2.24) is 0 Å². The van der Waals surface area contributed by atoms with Gasteiger partial charge < -0.3 is 14.2 Å². The Morgan fingerprint density at radius 3 is 2.74 bits per heavy atom. The van der Waals surface area contributed by atoms with Crippen LogP contribution in [0.5, 0.6) is 11.5 Å². The molecule has 19 heavy (non-hydrogen) atoms. The predicted octanol–water partition coefficient (Wildman–Crippen LogP) is 2.28. The molecule has 0 aliphatic heterocycles. The number of para-hydroxylation sites is 1. The zero-order valence-electron chi connectivity index (χ0n) is 11.4. The van der Waals surface area contributed by atoms with Crippen LogP contribution in [-0.2, 0) is 11.2 Å². The molecule has 1 aromatic carbocycles. The average Bonchev–Trinajstić information content (AvgIpc) is 2.37. The first-order chi connectivity index (χ1) is 9.08. The minimum absolute atomic E-state index is 0.146. The molecule has 0 saturated heterocycles. The van der Waals surface area contributed by atoms with Crippen molar-refractivity contribution in [1.29, 1.82) is 0 Å². The number of benzene rings is 1. The lowest BCUT2D eigenvalue weighted by atomic mass is 10.1. The van der Waals surface area contributed by atoms with Gasteiger partial charge in [0, 0.05) is 23.5 Å². The molecular weight excluding hydrogens is 250 g/mol. The van der Waals surface area contributed by atoms with E-state index in [2.05, 4.69) is 0 Å². The number of ether oxygens (including phenoxy) is 3. The summed E-state index contributed by atoms with van der Waals surface area (Å²) in [5.74, 6) is 1.06. The molecule has 0 N–H and O–H groups in total.